The Morgan fingerprint density at radius 1 is 1.12 bits per heavy atom. The lowest BCUT2D eigenvalue weighted by molar-refractivity contribution is 0.588. The normalized spacial score (nSPS) is 14.2. The average Bonchev–Trinajstić information content (AvgIpc) is 2.89. The molecule has 7 nitrogen and oxygen atoms in total. The summed E-state index contributed by atoms with van der Waals surface area (Å²) in [5.74, 6) is 0.695. The Kier molecular flexibility index (Phi) is 3.67. The van der Waals surface area contributed by atoms with Crippen molar-refractivity contribution >= 4 is 52.3 Å². The third-order valence-corrected chi connectivity index (χ3v) is 5.86. The number of benzene rings is 1. The predicted molar refractivity (Wildman–Crippen MR) is 101 cm³/mol. The summed E-state index contributed by atoms with van der Waals surface area (Å²) in [5.41, 5.74) is 3.06. The SMILES string of the molecule is CN1CN(c2ccc3nccnc3c2P(C)(C)=O)c2nc(Cl)ncc21. The molecule has 0 fully saturated rings. The van der Waals surface area contributed by atoms with E-state index in [0.717, 1.165) is 16.9 Å². The molecule has 9 heteroatoms. The lowest BCUT2D eigenvalue weighted by Crippen LogP contribution is -2.28. The van der Waals surface area contributed by atoms with Crippen molar-refractivity contribution in [2.45, 2.75) is 0 Å². The van der Waals surface area contributed by atoms with Gasteiger partial charge in [-0.15, -0.1) is 0 Å². The van der Waals surface area contributed by atoms with Crippen LogP contribution in [-0.2, 0) is 4.57 Å². The van der Waals surface area contributed by atoms with Crippen LogP contribution in [0.2, 0.25) is 5.28 Å². The first-order valence-corrected chi connectivity index (χ1v) is 10.6. The van der Waals surface area contributed by atoms with Gasteiger partial charge in [-0.2, -0.15) is 4.98 Å². The summed E-state index contributed by atoms with van der Waals surface area (Å²) in [7, 11) is -0.684. The fourth-order valence-electron chi connectivity index (χ4n) is 3.12. The summed E-state index contributed by atoms with van der Waals surface area (Å²) in [5, 5.41) is 0.881. The van der Waals surface area contributed by atoms with Gasteiger partial charge in [-0.3, -0.25) is 9.97 Å². The highest BCUT2D eigenvalue weighted by molar-refractivity contribution is 7.71. The number of rotatable bonds is 2. The van der Waals surface area contributed by atoms with Gasteiger partial charge in [0.2, 0.25) is 5.28 Å². The summed E-state index contributed by atoms with van der Waals surface area (Å²) in [4.78, 5) is 21.2. The van der Waals surface area contributed by atoms with Crippen LogP contribution in [0.15, 0.2) is 30.7 Å². The van der Waals surface area contributed by atoms with Gasteiger partial charge in [0.15, 0.2) is 5.82 Å². The molecular formula is C16H16ClN6OP. The summed E-state index contributed by atoms with van der Waals surface area (Å²) in [6.07, 6.45) is 4.95. The van der Waals surface area contributed by atoms with Crippen molar-refractivity contribution in [1.82, 2.24) is 19.9 Å². The van der Waals surface area contributed by atoms with E-state index in [1.165, 1.54) is 0 Å². The molecule has 25 heavy (non-hydrogen) atoms. The lowest BCUT2D eigenvalue weighted by Gasteiger charge is -2.24. The van der Waals surface area contributed by atoms with Crippen molar-refractivity contribution in [3.8, 4) is 0 Å². The van der Waals surface area contributed by atoms with E-state index in [2.05, 4.69) is 19.9 Å². The average molecular weight is 375 g/mol. The molecule has 1 aliphatic heterocycles. The number of fused-ring (bicyclic) bond motifs is 2. The molecule has 4 rings (SSSR count). The number of anilines is 3. The zero-order chi connectivity index (χ0) is 17.8. The number of nitrogens with zero attached hydrogens (tertiary/aromatic N) is 6. The number of aromatic nitrogens is 4. The number of halogens is 1. The molecule has 0 spiro atoms. The quantitative estimate of drug-likeness (QED) is 0.504. The molecule has 128 valence electrons. The van der Waals surface area contributed by atoms with Crippen molar-refractivity contribution < 1.29 is 4.57 Å². The Morgan fingerprint density at radius 2 is 1.88 bits per heavy atom. The Bertz CT molecular complexity index is 1040. The van der Waals surface area contributed by atoms with Crippen LogP contribution in [0.25, 0.3) is 11.0 Å². The highest BCUT2D eigenvalue weighted by Crippen LogP contribution is 2.45. The van der Waals surface area contributed by atoms with E-state index in [1.54, 1.807) is 31.9 Å². The molecule has 0 unspecified atom stereocenters. The van der Waals surface area contributed by atoms with E-state index in [1.807, 2.05) is 29.0 Å². The molecule has 0 aliphatic carbocycles. The second-order valence-electron chi connectivity index (χ2n) is 6.32. The minimum absolute atomic E-state index is 0.178. The molecule has 0 saturated carbocycles. The van der Waals surface area contributed by atoms with E-state index >= 15 is 0 Å². The Balaban J connectivity index is 2.01. The standard InChI is InChI=1S/C16H16ClN6OP/c1-22-9-23(15-12(22)8-20-16(17)21-15)11-5-4-10-13(19-7-6-18-10)14(11)25(2,3)24/h4-8H,9H2,1-3H3. The van der Waals surface area contributed by atoms with Gasteiger partial charge in [-0.25, -0.2) is 4.98 Å². The molecule has 1 aliphatic rings. The second kappa shape index (κ2) is 5.64. The summed E-state index contributed by atoms with van der Waals surface area (Å²) >= 11 is 6.00. The van der Waals surface area contributed by atoms with Crippen LogP contribution in [-0.4, -0.2) is 47.0 Å². The van der Waals surface area contributed by atoms with Crippen molar-refractivity contribution in [1.29, 1.82) is 0 Å². The van der Waals surface area contributed by atoms with Crippen LogP contribution < -0.4 is 15.1 Å². The van der Waals surface area contributed by atoms with Crippen LogP contribution in [0.5, 0.6) is 0 Å². The summed E-state index contributed by atoms with van der Waals surface area (Å²) < 4.78 is 13.1. The van der Waals surface area contributed by atoms with Crippen LogP contribution in [0.1, 0.15) is 0 Å². The first kappa shape index (κ1) is 16.2. The van der Waals surface area contributed by atoms with Gasteiger partial charge in [-0.1, -0.05) is 0 Å². The highest BCUT2D eigenvalue weighted by atomic mass is 35.5. The maximum Gasteiger partial charge on any atom is 0.224 e. The van der Waals surface area contributed by atoms with Crippen molar-refractivity contribution in [2.24, 2.45) is 0 Å². The van der Waals surface area contributed by atoms with E-state index in [9.17, 15) is 4.57 Å². The monoisotopic (exact) mass is 374 g/mol. The van der Waals surface area contributed by atoms with Gasteiger partial charge in [0.05, 0.1) is 29.4 Å². The van der Waals surface area contributed by atoms with Crippen LogP contribution in [0.3, 0.4) is 0 Å². The minimum atomic E-state index is -2.64. The maximum absolute atomic E-state index is 13.1. The molecule has 0 radical (unpaired) electrons. The summed E-state index contributed by atoms with van der Waals surface area (Å²) in [6.45, 7) is 4.05. The van der Waals surface area contributed by atoms with Gasteiger partial charge in [0.1, 0.15) is 18.3 Å². The van der Waals surface area contributed by atoms with Crippen molar-refractivity contribution in [3.63, 3.8) is 0 Å². The largest absolute Gasteiger partial charge is 0.352 e. The smallest absolute Gasteiger partial charge is 0.224 e. The van der Waals surface area contributed by atoms with Crippen LogP contribution >= 0.6 is 18.7 Å². The Hall–Kier alpha value is -2.24. The third kappa shape index (κ3) is 2.64. The van der Waals surface area contributed by atoms with E-state index in [4.69, 9.17) is 11.6 Å². The molecule has 0 saturated heterocycles. The summed E-state index contributed by atoms with van der Waals surface area (Å²) in [6, 6.07) is 3.81. The molecule has 0 amide bonds. The molecule has 0 atom stereocenters. The fourth-order valence-corrected chi connectivity index (χ4v) is 4.68. The molecule has 3 aromatic rings. The number of hydrogen-bond donors (Lipinski definition) is 0. The molecular weight excluding hydrogens is 359 g/mol. The van der Waals surface area contributed by atoms with Crippen molar-refractivity contribution in [2.75, 3.05) is 36.8 Å². The molecule has 3 heterocycles. The van der Waals surface area contributed by atoms with Gasteiger partial charge < -0.3 is 14.4 Å². The first-order valence-electron chi connectivity index (χ1n) is 7.67. The molecule has 0 bridgehead atoms. The first-order chi connectivity index (χ1) is 11.9. The molecule has 0 N–H and O–H groups in total. The highest BCUT2D eigenvalue weighted by Gasteiger charge is 2.32. The third-order valence-electron chi connectivity index (χ3n) is 4.16. The van der Waals surface area contributed by atoms with E-state index < -0.39 is 7.14 Å². The Labute approximate surface area is 150 Å². The lowest BCUT2D eigenvalue weighted by atomic mass is 10.2. The fraction of sp³-hybridized carbons (Fsp3) is 0.250. The molecule has 1 aromatic carbocycles. The zero-order valence-corrected chi connectivity index (χ0v) is 15.7. The van der Waals surface area contributed by atoms with Gasteiger partial charge in [0, 0.05) is 19.4 Å². The van der Waals surface area contributed by atoms with Gasteiger partial charge in [-0.05, 0) is 37.1 Å². The van der Waals surface area contributed by atoms with E-state index in [-0.39, 0.29) is 5.28 Å². The molecule has 2 aromatic heterocycles. The number of hydrogen-bond acceptors (Lipinski definition) is 7. The van der Waals surface area contributed by atoms with Gasteiger partial charge >= 0.3 is 0 Å². The Morgan fingerprint density at radius 3 is 2.64 bits per heavy atom. The topological polar surface area (TPSA) is 75.1 Å². The zero-order valence-electron chi connectivity index (χ0n) is 14.0. The van der Waals surface area contributed by atoms with Crippen molar-refractivity contribution in [3.05, 3.63) is 36.0 Å². The van der Waals surface area contributed by atoms with E-state index in [0.29, 0.717) is 23.3 Å². The minimum Gasteiger partial charge on any atom is -0.352 e. The van der Waals surface area contributed by atoms with Gasteiger partial charge in [0.25, 0.3) is 0 Å². The second-order valence-corrected chi connectivity index (χ2v) is 9.81. The predicted octanol–water partition coefficient (Wildman–Crippen LogP) is 2.87. The van der Waals surface area contributed by atoms with Crippen LogP contribution in [0.4, 0.5) is 17.2 Å². The van der Waals surface area contributed by atoms with Crippen LogP contribution in [0, 0.1) is 0 Å². The maximum atomic E-state index is 13.1.